The molecule has 1 atom stereocenters. The summed E-state index contributed by atoms with van der Waals surface area (Å²) in [6.07, 6.45) is 5.55. The van der Waals surface area contributed by atoms with Crippen LogP contribution in [0.3, 0.4) is 0 Å². The van der Waals surface area contributed by atoms with Gasteiger partial charge in [-0.15, -0.1) is 12.3 Å². The van der Waals surface area contributed by atoms with Crippen LogP contribution in [0.2, 0.25) is 0 Å². The van der Waals surface area contributed by atoms with Crippen LogP contribution in [0.25, 0.3) is 0 Å². The smallest absolute Gasteiger partial charge is 0.254 e. The fraction of sp³-hybridized carbons (Fsp3) is 0.308. The van der Waals surface area contributed by atoms with Crippen molar-refractivity contribution in [2.24, 2.45) is 0 Å². The highest BCUT2D eigenvalue weighted by molar-refractivity contribution is 5.94. The Bertz CT molecular complexity index is 434. The van der Waals surface area contributed by atoms with E-state index in [0.29, 0.717) is 6.42 Å². The van der Waals surface area contributed by atoms with Gasteiger partial charge in [0.2, 0.25) is 0 Å². The maximum Gasteiger partial charge on any atom is 0.254 e. The van der Waals surface area contributed by atoms with Crippen LogP contribution in [0, 0.1) is 25.1 Å². The Hall–Kier alpha value is -1.82. The first-order valence-corrected chi connectivity index (χ1v) is 5.05. The number of nitrogens with one attached hydrogen (secondary N) is 1. The monoisotopic (exact) mass is 219 g/mol. The Balaban J connectivity index is 2.81. The first-order chi connectivity index (χ1) is 7.54. The van der Waals surface area contributed by atoms with E-state index in [0.717, 1.165) is 5.56 Å². The van der Waals surface area contributed by atoms with Crippen LogP contribution < -0.4 is 5.32 Å². The largest absolute Gasteiger partial charge is 0.349 e. The van der Waals surface area contributed by atoms with Crippen molar-refractivity contribution in [1.29, 1.82) is 0 Å². The number of hydrogen-bond acceptors (Lipinski definition) is 1. The van der Waals surface area contributed by atoms with E-state index in [1.165, 1.54) is 12.1 Å². The first kappa shape index (κ1) is 12.3. The maximum atomic E-state index is 13.4. The molecule has 0 aliphatic rings. The van der Waals surface area contributed by atoms with E-state index in [2.05, 4.69) is 11.2 Å². The lowest BCUT2D eigenvalue weighted by atomic mass is 10.1. The predicted octanol–water partition coefficient (Wildman–Crippen LogP) is 2.28. The molecule has 0 aliphatic carbocycles. The van der Waals surface area contributed by atoms with Crippen molar-refractivity contribution >= 4 is 5.91 Å². The summed E-state index contributed by atoms with van der Waals surface area (Å²) >= 11 is 0. The van der Waals surface area contributed by atoms with Gasteiger partial charge in [-0.25, -0.2) is 4.39 Å². The Morgan fingerprint density at radius 2 is 2.31 bits per heavy atom. The molecule has 2 nitrogen and oxygen atoms in total. The van der Waals surface area contributed by atoms with Crippen LogP contribution in [-0.4, -0.2) is 11.9 Å². The first-order valence-electron chi connectivity index (χ1n) is 5.05. The van der Waals surface area contributed by atoms with Crippen molar-refractivity contribution in [2.75, 3.05) is 0 Å². The number of halogens is 1. The van der Waals surface area contributed by atoms with Gasteiger partial charge in [0.15, 0.2) is 0 Å². The fourth-order valence-corrected chi connectivity index (χ4v) is 1.34. The molecule has 0 heterocycles. The van der Waals surface area contributed by atoms with E-state index in [-0.39, 0.29) is 11.6 Å². The highest BCUT2D eigenvalue weighted by Gasteiger charge is 2.13. The van der Waals surface area contributed by atoms with Gasteiger partial charge in [0.1, 0.15) is 5.82 Å². The number of aryl methyl sites for hydroxylation is 1. The molecule has 0 fully saturated rings. The van der Waals surface area contributed by atoms with Crippen molar-refractivity contribution in [1.82, 2.24) is 5.32 Å². The second-order valence-corrected chi connectivity index (χ2v) is 3.77. The summed E-state index contributed by atoms with van der Waals surface area (Å²) in [5, 5.41) is 2.64. The van der Waals surface area contributed by atoms with Crippen molar-refractivity contribution in [2.45, 2.75) is 26.3 Å². The molecule has 84 valence electrons. The summed E-state index contributed by atoms with van der Waals surface area (Å²) in [6.45, 7) is 3.59. The van der Waals surface area contributed by atoms with Crippen molar-refractivity contribution in [3.8, 4) is 12.3 Å². The summed E-state index contributed by atoms with van der Waals surface area (Å²) in [5.41, 5.74) is 0.903. The molecule has 1 amide bonds. The highest BCUT2D eigenvalue weighted by Crippen LogP contribution is 2.10. The van der Waals surface area contributed by atoms with Crippen molar-refractivity contribution in [3.63, 3.8) is 0 Å². The van der Waals surface area contributed by atoms with Gasteiger partial charge in [-0.2, -0.15) is 0 Å². The highest BCUT2D eigenvalue weighted by atomic mass is 19.1. The Morgan fingerprint density at radius 1 is 1.62 bits per heavy atom. The number of amides is 1. The Morgan fingerprint density at radius 3 is 2.94 bits per heavy atom. The average Bonchev–Trinajstić information content (AvgIpc) is 2.21. The molecule has 0 spiro atoms. The van der Waals surface area contributed by atoms with Crippen LogP contribution in [0.4, 0.5) is 4.39 Å². The third kappa shape index (κ3) is 3.09. The number of carbonyl (C=O) groups is 1. The zero-order valence-electron chi connectivity index (χ0n) is 9.38. The topological polar surface area (TPSA) is 29.1 Å². The van der Waals surface area contributed by atoms with E-state index >= 15 is 0 Å². The van der Waals surface area contributed by atoms with Crippen molar-refractivity contribution < 1.29 is 9.18 Å². The van der Waals surface area contributed by atoms with Crippen LogP contribution in [0.1, 0.15) is 29.3 Å². The van der Waals surface area contributed by atoms with Gasteiger partial charge >= 0.3 is 0 Å². The number of benzene rings is 1. The molecule has 1 N–H and O–H groups in total. The molecule has 0 aliphatic heterocycles. The van der Waals surface area contributed by atoms with Crippen LogP contribution in [-0.2, 0) is 0 Å². The van der Waals surface area contributed by atoms with Gasteiger partial charge in [0.05, 0.1) is 5.56 Å². The van der Waals surface area contributed by atoms with Gasteiger partial charge in [-0.05, 0) is 26.0 Å². The SMILES string of the molecule is C#CCC(C)NC(=O)c1cc(C)ccc1F. The van der Waals surface area contributed by atoms with E-state index in [1.807, 2.05) is 0 Å². The van der Waals surface area contributed by atoms with Gasteiger partial charge in [0.25, 0.3) is 5.91 Å². The summed E-state index contributed by atoms with van der Waals surface area (Å²) in [5.74, 6) is 1.50. The second kappa shape index (κ2) is 5.32. The number of terminal acetylenes is 1. The van der Waals surface area contributed by atoms with Crippen LogP contribution >= 0.6 is 0 Å². The Kier molecular flexibility index (Phi) is 4.07. The maximum absolute atomic E-state index is 13.4. The molecule has 1 rings (SSSR count). The molecule has 3 heteroatoms. The van der Waals surface area contributed by atoms with Crippen LogP contribution in [0.15, 0.2) is 18.2 Å². The summed E-state index contributed by atoms with van der Waals surface area (Å²) in [7, 11) is 0. The summed E-state index contributed by atoms with van der Waals surface area (Å²) < 4.78 is 13.4. The van der Waals surface area contributed by atoms with Gasteiger partial charge in [-0.3, -0.25) is 4.79 Å². The minimum atomic E-state index is -0.518. The van der Waals surface area contributed by atoms with Gasteiger partial charge in [-0.1, -0.05) is 11.6 Å². The molecule has 16 heavy (non-hydrogen) atoms. The third-order valence-electron chi connectivity index (χ3n) is 2.17. The van der Waals surface area contributed by atoms with E-state index < -0.39 is 11.7 Å². The zero-order valence-corrected chi connectivity index (χ0v) is 9.38. The molecule has 0 saturated heterocycles. The number of hydrogen-bond donors (Lipinski definition) is 1. The minimum absolute atomic E-state index is 0.0591. The number of carbonyl (C=O) groups excluding carboxylic acids is 1. The summed E-state index contributed by atoms with van der Waals surface area (Å²) in [6, 6.07) is 4.28. The average molecular weight is 219 g/mol. The normalized spacial score (nSPS) is 11.6. The molecule has 1 aromatic rings. The van der Waals surface area contributed by atoms with Gasteiger partial charge in [0, 0.05) is 12.5 Å². The minimum Gasteiger partial charge on any atom is -0.349 e. The zero-order chi connectivity index (χ0) is 12.1. The lowest BCUT2D eigenvalue weighted by Gasteiger charge is -2.11. The van der Waals surface area contributed by atoms with Crippen molar-refractivity contribution in [3.05, 3.63) is 35.1 Å². The molecule has 1 unspecified atom stereocenters. The fourth-order valence-electron chi connectivity index (χ4n) is 1.34. The van der Waals surface area contributed by atoms with Gasteiger partial charge < -0.3 is 5.32 Å². The standard InChI is InChI=1S/C13H14FNO/c1-4-5-10(3)15-13(16)11-8-9(2)6-7-12(11)14/h1,6-8,10H,5H2,2-3H3,(H,15,16). The van der Waals surface area contributed by atoms with E-state index in [4.69, 9.17) is 6.42 Å². The lowest BCUT2D eigenvalue weighted by molar-refractivity contribution is 0.0936. The lowest BCUT2D eigenvalue weighted by Crippen LogP contribution is -2.32. The second-order valence-electron chi connectivity index (χ2n) is 3.77. The quantitative estimate of drug-likeness (QED) is 0.776. The third-order valence-corrected chi connectivity index (χ3v) is 2.17. The molecule has 0 radical (unpaired) electrons. The Labute approximate surface area is 94.9 Å². The molecule has 1 aromatic carbocycles. The predicted molar refractivity (Wildman–Crippen MR) is 61.5 cm³/mol. The molecule has 0 bridgehead atoms. The number of rotatable bonds is 3. The molecular formula is C13H14FNO. The molecule has 0 saturated carbocycles. The summed E-state index contributed by atoms with van der Waals surface area (Å²) in [4.78, 5) is 11.7. The molecular weight excluding hydrogens is 205 g/mol. The molecule has 0 aromatic heterocycles. The van der Waals surface area contributed by atoms with E-state index in [9.17, 15) is 9.18 Å². The van der Waals surface area contributed by atoms with Crippen LogP contribution in [0.5, 0.6) is 0 Å². The van der Waals surface area contributed by atoms with E-state index in [1.54, 1.807) is 19.9 Å².